The third-order valence-electron chi connectivity index (χ3n) is 11.6. The smallest absolute Gasteiger partial charge is 0.306 e. The number of rotatable bonds is 38. The lowest BCUT2D eigenvalue weighted by atomic mass is 9.98. The lowest BCUT2D eigenvalue weighted by molar-refractivity contribution is -0.332. The summed E-state index contributed by atoms with van der Waals surface area (Å²) in [4.78, 5) is 25.7. The summed E-state index contributed by atoms with van der Waals surface area (Å²) >= 11 is 0. The summed E-state index contributed by atoms with van der Waals surface area (Å²) in [5.74, 6) is -1.01. The first kappa shape index (κ1) is 61.1. The second kappa shape index (κ2) is 39.6. The molecule has 4 unspecified atom stereocenters. The third kappa shape index (κ3) is 27.4. The van der Waals surface area contributed by atoms with Gasteiger partial charge in [-0.3, -0.25) is 9.59 Å². The number of carbonyl (C=O) groups is 2. The molecule has 0 aliphatic carbocycles. The quantitative estimate of drug-likeness (QED) is 0.0187. The number of ether oxygens (including phenoxy) is 6. The maximum atomic E-state index is 13.0. The lowest BCUT2D eigenvalue weighted by Crippen LogP contribution is -2.61. The number of esters is 2. The maximum Gasteiger partial charge on any atom is 0.306 e. The van der Waals surface area contributed by atoms with Crippen LogP contribution in [0.5, 0.6) is 0 Å². The molecule has 2 fully saturated rings. The topological polar surface area (TPSA) is 231 Å². The zero-order valence-electron chi connectivity index (χ0n) is 41.1. The molecule has 0 aromatic rings. The summed E-state index contributed by atoms with van der Waals surface area (Å²) in [6.07, 6.45) is 29.3. The Morgan fingerprint density at radius 1 is 0.471 bits per heavy atom. The number of hydrogen-bond donors (Lipinski definition) is 7. The van der Waals surface area contributed by atoms with Crippen LogP contribution in [-0.4, -0.2) is 142 Å². The molecule has 0 aromatic heterocycles. The predicted molar refractivity (Wildman–Crippen MR) is 261 cm³/mol. The van der Waals surface area contributed by atoms with Gasteiger partial charge < -0.3 is 64.2 Å². The summed E-state index contributed by atoms with van der Waals surface area (Å²) < 4.78 is 33.5. The lowest BCUT2D eigenvalue weighted by Gasteiger charge is -2.42. The molecule has 0 saturated carbocycles. The van der Waals surface area contributed by atoms with Gasteiger partial charge in [0.1, 0.15) is 55.4 Å². The minimum absolute atomic E-state index is 0.112. The van der Waals surface area contributed by atoms with Crippen LogP contribution in [0, 0.1) is 0 Å². The van der Waals surface area contributed by atoms with Gasteiger partial charge in [-0.15, -0.1) is 0 Å². The zero-order valence-corrected chi connectivity index (χ0v) is 41.1. The Morgan fingerprint density at radius 3 is 1.47 bits per heavy atom. The molecule has 15 nitrogen and oxygen atoms in total. The van der Waals surface area contributed by atoms with E-state index in [0.717, 1.165) is 70.6 Å². The summed E-state index contributed by atoms with van der Waals surface area (Å²) in [5.41, 5.74) is 0. The van der Waals surface area contributed by atoms with Crippen molar-refractivity contribution in [3.8, 4) is 0 Å². The number of allylic oxidation sites excluding steroid dienone is 12. The van der Waals surface area contributed by atoms with Gasteiger partial charge in [0.05, 0.1) is 19.8 Å². The Labute approximate surface area is 406 Å². The number of hydrogen-bond acceptors (Lipinski definition) is 15. The SMILES string of the molecule is CCC/C=C/C/C=C/C/C=C/C/C=C/CCCCCC(=O)OC[C@@H](CO[C@@H]1O[C@H](CO[C@@H]2O[C@H](CO)[C@H](O)C(O)C2O)[C@H](O)C(O)C1O)OC(=O)CCCC/C=C/C/C=C/CCCCCCCC. The van der Waals surface area contributed by atoms with Crippen LogP contribution in [0.4, 0.5) is 0 Å². The summed E-state index contributed by atoms with van der Waals surface area (Å²) in [7, 11) is 0. The van der Waals surface area contributed by atoms with Gasteiger partial charge >= 0.3 is 11.9 Å². The first-order valence-corrected chi connectivity index (χ1v) is 25.5. The summed E-state index contributed by atoms with van der Waals surface area (Å²) in [6.45, 7) is 2.43. The fourth-order valence-corrected chi connectivity index (χ4v) is 7.41. The molecule has 2 aliphatic rings. The van der Waals surface area contributed by atoms with Crippen LogP contribution in [-0.2, 0) is 38.0 Å². The number of aliphatic hydroxyl groups is 7. The number of aliphatic hydroxyl groups excluding tert-OH is 7. The van der Waals surface area contributed by atoms with Crippen molar-refractivity contribution >= 4 is 11.9 Å². The molecule has 15 heteroatoms. The van der Waals surface area contributed by atoms with E-state index in [1.165, 1.54) is 44.9 Å². The minimum atomic E-state index is -1.78. The average Bonchev–Trinajstić information content (AvgIpc) is 3.33. The van der Waals surface area contributed by atoms with Gasteiger partial charge in [0.2, 0.25) is 0 Å². The fraction of sp³-hybridized carbons (Fsp3) is 0.736. The molecule has 2 heterocycles. The van der Waals surface area contributed by atoms with Crippen molar-refractivity contribution in [2.75, 3.05) is 26.4 Å². The van der Waals surface area contributed by atoms with Gasteiger partial charge in [-0.2, -0.15) is 0 Å². The van der Waals surface area contributed by atoms with E-state index in [-0.39, 0.29) is 19.4 Å². The van der Waals surface area contributed by atoms with Gasteiger partial charge in [0.15, 0.2) is 18.7 Å². The van der Waals surface area contributed by atoms with E-state index in [4.69, 9.17) is 28.4 Å². The molecule has 2 saturated heterocycles. The van der Waals surface area contributed by atoms with Gasteiger partial charge in [0, 0.05) is 12.8 Å². The second-order valence-electron chi connectivity index (χ2n) is 17.6. The van der Waals surface area contributed by atoms with Crippen molar-refractivity contribution in [3.05, 3.63) is 72.9 Å². The summed E-state index contributed by atoms with van der Waals surface area (Å²) in [5, 5.41) is 72.1. The Kier molecular flexibility index (Phi) is 35.6. The van der Waals surface area contributed by atoms with Crippen molar-refractivity contribution < 1.29 is 73.8 Å². The van der Waals surface area contributed by atoms with Crippen LogP contribution in [0.2, 0.25) is 0 Å². The number of unbranched alkanes of at least 4 members (excludes halogenated alkanes) is 12. The molecule has 0 amide bonds. The van der Waals surface area contributed by atoms with Crippen molar-refractivity contribution in [2.45, 2.75) is 223 Å². The van der Waals surface area contributed by atoms with E-state index in [0.29, 0.717) is 12.8 Å². The molecule has 0 bridgehead atoms. The summed E-state index contributed by atoms with van der Waals surface area (Å²) in [6, 6.07) is 0. The van der Waals surface area contributed by atoms with Gasteiger partial charge in [-0.05, 0) is 83.5 Å². The molecule has 0 radical (unpaired) electrons. The minimum Gasteiger partial charge on any atom is -0.462 e. The average molecular weight is 965 g/mol. The van der Waals surface area contributed by atoms with Crippen molar-refractivity contribution in [3.63, 3.8) is 0 Å². The van der Waals surface area contributed by atoms with E-state index < -0.39 is 99.3 Å². The van der Waals surface area contributed by atoms with Crippen molar-refractivity contribution in [1.29, 1.82) is 0 Å². The van der Waals surface area contributed by atoms with Gasteiger partial charge in [-0.25, -0.2) is 0 Å². The van der Waals surface area contributed by atoms with E-state index >= 15 is 0 Å². The molecular weight excluding hydrogens is 877 g/mol. The molecule has 68 heavy (non-hydrogen) atoms. The zero-order chi connectivity index (χ0) is 49.6. The molecular formula is C53H88O15. The van der Waals surface area contributed by atoms with Crippen LogP contribution in [0.15, 0.2) is 72.9 Å². The highest BCUT2D eigenvalue weighted by atomic mass is 16.7. The van der Waals surface area contributed by atoms with Gasteiger partial charge in [-0.1, -0.05) is 132 Å². The molecule has 0 aromatic carbocycles. The second-order valence-corrected chi connectivity index (χ2v) is 17.6. The Balaban J connectivity index is 1.85. The van der Waals surface area contributed by atoms with E-state index in [1.807, 2.05) is 0 Å². The Morgan fingerprint density at radius 2 is 0.912 bits per heavy atom. The molecule has 7 N–H and O–H groups in total. The largest absolute Gasteiger partial charge is 0.462 e. The molecule has 390 valence electrons. The van der Waals surface area contributed by atoms with Crippen LogP contribution in [0.25, 0.3) is 0 Å². The third-order valence-corrected chi connectivity index (χ3v) is 11.6. The predicted octanol–water partition coefficient (Wildman–Crippen LogP) is 7.04. The molecule has 2 rings (SSSR count). The highest BCUT2D eigenvalue weighted by molar-refractivity contribution is 5.70. The highest BCUT2D eigenvalue weighted by Crippen LogP contribution is 2.26. The van der Waals surface area contributed by atoms with Crippen molar-refractivity contribution in [2.24, 2.45) is 0 Å². The van der Waals surface area contributed by atoms with Gasteiger partial charge in [0.25, 0.3) is 0 Å². The Hall–Kier alpha value is -3.06. The molecule has 2 aliphatic heterocycles. The molecule has 11 atom stereocenters. The first-order valence-electron chi connectivity index (χ1n) is 25.5. The standard InChI is InChI=1S/C53H88O15/c1-3-5-7-9-11-13-15-17-19-20-22-23-25-27-29-31-33-35-44(55)63-38-41(66-45(56)36-34-32-30-28-26-24-21-18-16-14-12-10-8-6-4-2)39-64-52-51(62)49(60)47(58)43(68-52)40-65-53-50(61)48(59)46(57)42(37-54)67-53/h7,9,13,15,18-21,23,25-26,28,41-43,46-54,57-62H,3-6,8,10-12,14,16-17,22,24,27,29-40H2,1-2H3/b9-7+,15-13+,20-19+,21-18+,25-23+,28-26+/t41-,42+,43+,46-,47-,48?,49?,50?,51?,52+,53+/m0/s1. The fourth-order valence-electron chi connectivity index (χ4n) is 7.41. The van der Waals surface area contributed by atoms with Crippen molar-refractivity contribution in [1.82, 2.24) is 0 Å². The monoisotopic (exact) mass is 965 g/mol. The Bertz CT molecular complexity index is 1460. The van der Waals surface area contributed by atoms with E-state index in [9.17, 15) is 45.3 Å². The normalized spacial score (nSPS) is 26.4. The van der Waals surface area contributed by atoms with Crippen LogP contribution >= 0.6 is 0 Å². The van der Waals surface area contributed by atoms with Crippen LogP contribution in [0.3, 0.4) is 0 Å². The first-order chi connectivity index (χ1) is 33.0. The number of carbonyl (C=O) groups excluding carboxylic acids is 2. The van der Waals surface area contributed by atoms with E-state index in [1.54, 1.807) is 0 Å². The maximum absolute atomic E-state index is 13.0. The van der Waals surface area contributed by atoms with Crippen LogP contribution in [0.1, 0.15) is 155 Å². The molecule has 0 spiro atoms. The highest BCUT2D eigenvalue weighted by Gasteiger charge is 2.47. The van der Waals surface area contributed by atoms with E-state index in [2.05, 4.69) is 86.8 Å². The van der Waals surface area contributed by atoms with Crippen LogP contribution < -0.4 is 0 Å².